The predicted octanol–water partition coefficient (Wildman–Crippen LogP) is 3.14. The van der Waals surface area contributed by atoms with E-state index in [0.29, 0.717) is 24.4 Å². The Balaban J connectivity index is 0.000000440. The van der Waals surface area contributed by atoms with E-state index in [1.54, 1.807) is 24.5 Å². The highest BCUT2D eigenvalue weighted by molar-refractivity contribution is 7.90. The number of benzene rings is 1. The summed E-state index contributed by atoms with van der Waals surface area (Å²) in [6.07, 6.45) is 5.75. The summed E-state index contributed by atoms with van der Waals surface area (Å²) >= 11 is 0. The summed E-state index contributed by atoms with van der Waals surface area (Å²) in [5.41, 5.74) is 5.81. The second-order valence-electron chi connectivity index (χ2n) is 7.54. The molecule has 0 saturated heterocycles. The maximum Gasteiger partial charge on any atom is 0.328 e. The van der Waals surface area contributed by atoms with Crippen LogP contribution < -0.4 is 5.32 Å². The summed E-state index contributed by atoms with van der Waals surface area (Å²) in [5, 5.41) is 18.7. The molecule has 0 amide bonds. The van der Waals surface area contributed by atoms with Crippen LogP contribution in [0.2, 0.25) is 0 Å². The molecule has 180 valence electrons. The van der Waals surface area contributed by atoms with Gasteiger partial charge >= 0.3 is 11.9 Å². The predicted molar refractivity (Wildman–Crippen MR) is 128 cm³/mol. The van der Waals surface area contributed by atoms with Crippen molar-refractivity contribution in [3.8, 4) is 11.3 Å². The molecular formula is C24H27N3O6S. The molecule has 0 unspecified atom stereocenters. The average molecular weight is 486 g/mol. The number of hydrogen-bond acceptors (Lipinski definition) is 6. The number of carboxylic acids is 2. The molecule has 0 radical (unpaired) electrons. The highest BCUT2D eigenvalue weighted by Gasteiger charge is 2.23. The molecule has 3 N–H and O–H groups in total. The monoisotopic (exact) mass is 485 g/mol. The fourth-order valence-corrected chi connectivity index (χ4v) is 4.87. The topological polar surface area (TPSA) is 139 Å². The summed E-state index contributed by atoms with van der Waals surface area (Å²) in [7, 11) is -1.89. The standard InChI is InChI=1S/C20H23N3O2S.C4H4O4/c1-14-8-15(2)20(16(3)9-14)19-10-17(11-21-4)13-23(19)26(24,25)18-6-5-7-22-12-18;5-3(6)1-2-4(7)8/h5-10,12-13,21H,11H2,1-4H3;1-2H,(H,5,6)(H,7,8)/b;2-1+. The number of aliphatic carboxylic acids is 2. The van der Waals surface area contributed by atoms with E-state index >= 15 is 0 Å². The minimum absolute atomic E-state index is 0.176. The highest BCUT2D eigenvalue weighted by atomic mass is 32.2. The van der Waals surface area contributed by atoms with Gasteiger partial charge in [0.2, 0.25) is 0 Å². The van der Waals surface area contributed by atoms with Crippen molar-refractivity contribution in [1.82, 2.24) is 14.3 Å². The van der Waals surface area contributed by atoms with E-state index in [4.69, 9.17) is 10.2 Å². The molecular weight excluding hydrogens is 458 g/mol. The van der Waals surface area contributed by atoms with E-state index in [1.807, 2.05) is 33.9 Å². The van der Waals surface area contributed by atoms with Gasteiger partial charge in [-0.15, -0.1) is 0 Å². The number of nitrogens with one attached hydrogen (secondary N) is 1. The van der Waals surface area contributed by atoms with Gasteiger partial charge in [0.15, 0.2) is 0 Å². The Kier molecular flexibility index (Phi) is 8.88. The van der Waals surface area contributed by atoms with E-state index < -0.39 is 22.0 Å². The van der Waals surface area contributed by atoms with Gasteiger partial charge in [0.05, 0.1) is 5.69 Å². The van der Waals surface area contributed by atoms with Crippen LogP contribution in [0.1, 0.15) is 22.3 Å². The molecule has 0 bridgehead atoms. The Labute approximate surface area is 198 Å². The fraction of sp³-hybridized carbons (Fsp3) is 0.208. The first-order valence-electron chi connectivity index (χ1n) is 10.2. The number of carbonyl (C=O) groups is 2. The second-order valence-corrected chi connectivity index (χ2v) is 9.35. The Hall–Kier alpha value is -3.76. The lowest BCUT2D eigenvalue weighted by Gasteiger charge is -2.15. The molecule has 3 aromatic rings. The number of aromatic nitrogens is 2. The first-order valence-corrected chi connectivity index (χ1v) is 11.6. The first kappa shape index (κ1) is 26.5. The summed E-state index contributed by atoms with van der Waals surface area (Å²) < 4.78 is 27.9. The molecule has 10 heteroatoms. The normalized spacial score (nSPS) is 11.2. The van der Waals surface area contributed by atoms with E-state index in [-0.39, 0.29) is 4.90 Å². The maximum absolute atomic E-state index is 13.2. The largest absolute Gasteiger partial charge is 0.478 e. The molecule has 2 heterocycles. The van der Waals surface area contributed by atoms with Crippen LogP contribution >= 0.6 is 0 Å². The van der Waals surface area contributed by atoms with Crippen molar-refractivity contribution in [2.24, 2.45) is 0 Å². The molecule has 2 aromatic heterocycles. The summed E-state index contributed by atoms with van der Waals surface area (Å²) in [6, 6.07) is 9.29. The summed E-state index contributed by atoms with van der Waals surface area (Å²) in [4.78, 5) is 23.2. The summed E-state index contributed by atoms with van der Waals surface area (Å²) in [6.45, 7) is 6.66. The van der Waals surface area contributed by atoms with Crippen molar-refractivity contribution in [1.29, 1.82) is 0 Å². The molecule has 1 aromatic carbocycles. The van der Waals surface area contributed by atoms with Crippen molar-refractivity contribution in [2.45, 2.75) is 32.2 Å². The fourth-order valence-electron chi connectivity index (χ4n) is 3.52. The van der Waals surface area contributed by atoms with Gasteiger partial charge in [0, 0.05) is 42.9 Å². The molecule has 0 atom stereocenters. The molecule has 0 saturated carbocycles. The molecule has 0 aliphatic carbocycles. The van der Waals surface area contributed by atoms with Crippen LogP contribution in [-0.2, 0) is 26.2 Å². The number of rotatable bonds is 7. The van der Waals surface area contributed by atoms with Crippen LogP contribution in [0, 0.1) is 20.8 Å². The van der Waals surface area contributed by atoms with E-state index in [2.05, 4.69) is 22.4 Å². The number of aryl methyl sites for hydroxylation is 3. The molecule has 3 rings (SSSR count). The third-order valence-electron chi connectivity index (χ3n) is 4.72. The van der Waals surface area contributed by atoms with Gasteiger partial charge in [0.25, 0.3) is 10.0 Å². The van der Waals surface area contributed by atoms with Crippen molar-refractivity contribution < 1.29 is 28.2 Å². The van der Waals surface area contributed by atoms with Crippen LogP contribution in [0.15, 0.2) is 66.0 Å². The Morgan fingerprint density at radius 3 is 2.12 bits per heavy atom. The van der Waals surface area contributed by atoms with Gasteiger partial charge in [-0.3, -0.25) is 4.98 Å². The first-order chi connectivity index (χ1) is 16.0. The zero-order valence-electron chi connectivity index (χ0n) is 19.3. The molecule has 34 heavy (non-hydrogen) atoms. The Morgan fingerprint density at radius 2 is 1.65 bits per heavy atom. The molecule has 0 spiro atoms. The smallest absolute Gasteiger partial charge is 0.328 e. The Morgan fingerprint density at radius 1 is 1.06 bits per heavy atom. The SMILES string of the molecule is CNCc1cc(-c2c(C)cc(C)cc2C)n(S(=O)(=O)c2cccnc2)c1.O=C(O)/C=C/C(=O)O. The molecule has 0 fully saturated rings. The number of hydrogen-bond donors (Lipinski definition) is 3. The van der Waals surface area contributed by atoms with Gasteiger partial charge in [-0.25, -0.2) is 22.0 Å². The third kappa shape index (κ3) is 6.63. The number of pyridine rings is 1. The second kappa shape index (κ2) is 11.4. The summed E-state index contributed by atoms with van der Waals surface area (Å²) in [5.74, 6) is -2.51. The van der Waals surface area contributed by atoms with Crippen LogP contribution in [0.3, 0.4) is 0 Å². The number of carboxylic acid groups (broad SMARTS) is 2. The zero-order valence-corrected chi connectivity index (χ0v) is 20.1. The Bertz CT molecular complexity index is 1270. The van der Waals surface area contributed by atoms with E-state index in [0.717, 1.165) is 27.8 Å². The van der Waals surface area contributed by atoms with Gasteiger partial charge in [-0.05, 0) is 62.7 Å². The van der Waals surface area contributed by atoms with Gasteiger partial charge in [0.1, 0.15) is 4.90 Å². The van der Waals surface area contributed by atoms with Crippen molar-refractivity contribution >= 4 is 22.0 Å². The third-order valence-corrected chi connectivity index (χ3v) is 6.37. The van der Waals surface area contributed by atoms with Crippen LogP contribution in [0.4, 0.5) is 0 Å². The minimum atomic E-state index is -3.73. The van der Waals surface area contributed by atoms with Gasteiger partial charge < -0.3 is 15.5 Å². The molecule has 9 nitrogen and oxygen atoms in total. The molecule has 0 aliphatic heterocycles. The van der Waals surface area contributed by atoms with Crippen LogP contribution in [0.25, 0.3) is 11.3 Å². The molecule has 0 aliphatic rings. The average Bonchev–Trinajstić information content (AvgIpc) is 3.17. The van der Waals surface area contributed by atoms with Crippen molar-refractivity contribution in [3.63, 3.8) is 0 Å². The van der Waals surface area contributed by atoms with Crippen LogP contribution in [0.5, 0.6) is 0 Å². The zero-order chi connectivity index (χ0) is 25.5. The van der Waals surface area contributed by atoms with E-state index in [1.165, 1.54) is 10.2 Å². The number of nitrogens with zero attached hydrogens (tertiary/aromatic N) is 2. The highest BCUT2D eigenvalue weighted by Crippen LogP contribution is 2.32. The van der Waals surface area contributed by atoms with Gasteiger partial charge in [-0.1, -0.05) is 17.7 Å². The lowest BCUT2D eigenvalue weighted by molar-refractivity contribution is -0.134. The van der Waals surface area contributed by atoms with E-state index in [9.17, 15) is 18.0 Å². The lowest BCUT2D eigenvalue weighted by Crippen LogP contribution is -2.14. The lowest BCUT2D eigenvalue weighted by atomic mass is 9.97. The van der Waals surface area contributed by atoms with Crippen molar-refractivity contribution in [2.75, 3.05) is 7.05 Å². The minimum Gasteiger partial charge on any atom is -0.478 e. The maximum atomic E-state index is 13.2. The van der Waals surface area contributed by atoms with Crippen molar-refractivity contribution in [3.05, 3.63) is 83.3 Å². The quantitative estimate of drug-likeness (QED) is 0.434. The van der Waals surface area contributed by atoms with Crippen LogP contribution in [-0.4, -0.2) is 46.6 Å². The van der Waals surface area contributed by atoms with Gasteiger partial charge in [-0.2, -0.15) is 0 Å².